The number of likely N-dealkylation sites (tertiary alicyclic amines) is 1. The number of pyridine rings is 1. The van der Waals surface area contributed by atoms with Crippen LogP contribution in [0.5, 0.6) is 0 Å². The van der Waals surface area contributed by atoms with Crippen LogP contribution in [0.15, 0.2) is 35.1 Å². The number of hydrogen-bond acceptors (Lipinski definition) is 4. The van der Waals surface area contributed by atoms with Crippen LogP contribution in [0.25, 0.3) is 10.9 Å². The van der Waals surface area contributed by atoms with Crippen LogP contribution in [0, 0.1) is 11.3 Å². The van der Waals surface area contributed by atoms with Crippen LogP contribution in [0.1, 0.15) is 12.0 Å². The van der Waals surface area contributed by atoms with E-state index in [2.05, 4.69) is 9.88 Å². The summed E-state index contributed by atoms with van der Waals surface area (Å²) in [6.07, 6.45) is 0.539. The molecule has 2 saturated heterocycles. The number of fused-ring (bicyclic) bond motifs is 2. The third kappa shape index (κ3) is 2.42. The molecule has 2 atom stereocenters. The van der Waals surface area contributed by atoms with Crippen molar-refractivity contribution in [1.82, 2.24) is 9.88 Å². The van der Waals surface area contributed by atoms with Crippen LogP contribution in [0.3, 0.4) is 0 Å². The summed E-state index contributed by atoms with van der Waals surface area (Å²) in [4.78, 5) is 29.2. The Morgan fingerprint density at radius 1 is 1.42 bits per heavy atom. The molecular weight excluding hydrogens is 308 g/mol. The van der Waals surface area contributed by atoms with Gasteiger partial charge in [0.05, 0.1) is 12.0 Å². The minimum atomic E-state index is -0.745. The number of aromatic amines is 1. The lowest BCUT2D eigenvalue weighted by atomic mass is 9.74. The summed E-state index contributed by atoms with van der Waals surface area (Å²) in [6, 6.07) is 9.57. The van der Waals surface area contributed by atoms with Gasteiger partial charge in [0.15, 0.2) is 0 Å². The van der Waals surface area contributed by atoms with Crippen molar-refractivity contribution in [3.05, 3.63) is 46.2 Å². The molecule has 0 amide bonds. The Labute approximate surface area is 139 Å². The molecule has 2 aliphatic heterocycles. The molecule has 2 aliphatic rings. The van der Waals surface area contributed by atoms with Crippen LogP contribution in [-0.2, 0) is 16.1 Å². The number of H-pyrrole nitrogens is 1. The molecule has 24 heavy (non-hydrogen) atoms. The van der Waals surface area contributed by atoms with E-state index in [9.17, 15) is 14.7 Å². The summed E-state index contributed by atoms with van der Waals surface area (Å²) in [5, 5.41) is 10.7. The minimum absolute atomic E-state index is 0.0108. The third-order valence-electron chi connectivity index (χ3n) is 5.43. The maximum absolute atomic E-state index is 12.3. The highest BCUT2D eigenvalue weighted by atomic mass is 16.5. The number of hydrogen-bond donors (Lipinski definition) is 2. The van der Waals surface area contributed by atoms with Crippen molar-refractivity contribution in [2.75, 3.05) is 26.3 Å². The number of aliphatic carboxylic acids is 1. The molecular formula is C18H20N2O4. The first kappa shape index (κ1) is 15.4. The average molecular weight is 328 g/mol. The summed E-state index contributed by atoms with van der Waals surface area (Å²) in [6.45, 7) is 2.57. The lowest BCUT2D eigenvalue weighted by Gasteiger charge is -2.34. The number of nitrogens with zero attached hydrogens (tertiary/aromatic N) is 1. The quantitative estimate of drug-likeness (QED) is 0.891. The Hall–Kier alpha value is -2.18. The van der Waals surface area contributed by atoms with E-state index in [1.54, 1.807) is 0 Å². The average Bonchev–Trinajstić information content (AvgIpc) is 2.95. The second kappa shape index (κ2) is 5.72. The molecule has 3 heterocycles. The fourth-order valence-electron chi connectivity index (χ4n) is 4.07. The van der Waals surface area contributed by atoms with E-state index in [1.807, 2.05) is 30.3 Å². The maximum atomic E-state index is 12.3. The van der Waals surface area contributed by atoms with E-state index < -0.39 is 11.4 Å². The van der Waals surface area contributed by atoms with Crippen LogP contribution in [-0.4, -0.2) is 47.3 Å². The van der Waals surface area contributed by atoms with Gasteiger partial charge in [-0.3, -0.25) is 14.5 Å². The highest BCUT2D eigenvalue weighted by molar-refractivity contribution is 5.78. The van der Waals surface area contributed by atoms with Crippen LogP contribution in [0.2, 0.25) is 0 Å². The van der Waals surface area contributed by atoms with Crippen molar-refractivity contribution in [2.24, 2.45) is 11.3 Å². The predicted molar refractivity (Wildman–Crippen MR) is 88.8 cm³/mol. The monoisotopic (exact) mass is 328 g/mol. The van der Waals surface area contributed by atoms with Gasteiger partial charge in [-0.05, 0) is 23.9 Å². The first-order valence-electron chi connectivity index (χ1n) is 8.23. The van der Waals surface area contributed by atoms with Crippen molar-refractivity contribution < 1.29 is 14.6 Å². The fourth-order valence-corrected chi connectivity index (χ4v) is 4.07. The number of benzene rings is 1. The van der Waals surface area contributed by atoms with Crippen molar-refractivity contribution in [1.29, 1.82) is 0 Å². The number of para-hydroxylation sites is 1. The molecule has 0 spiro atoms. The van der Waals surface area contributed by atoms with Crippen LogP contribution >= 0.6 is 0 Å². The van der Waals surface area contributed by atoms with Crippen molar-refractivity contribution in [2.45, 2.75) is 13.0 Å². The number of ether oxygens (including phenoxy) is 1. The smallest absolute Gasteiger partial charge is 0.311 e. The predicted octanol–water partition coefficient (Wildman–Crippen LogP) is 1.45. The van der Waals surface area contributed by atoms with E-state index in [4.69, 9.17) is 4.74 Å². The normalized spacial score (nSPS) is 27.2. The fraction of sp³-hybridized carbons (Fsp3) is 0.444. The van der Waals surface area contributed by atoms with Gasteiger partial charge in [0.1, 0.15) is 0 Å². The zero-order valence-corrected chi connectivity index (χ0v) is 13.3. The second-order valence-electron chi connectivity index (χ2n) is 6.86. The molecule has 6 nitrogen and oxygen atoms in total. The van der Waals surface area contributed by atoms with E-state index >= 15 is 0 Å². The largest absolute Gasteiger partial charge is 0.481 e. The molecule has 1 aromatic carbocycles. The van der Waals surface area contributed by atoms with Crippen molar-refractivity contribution in [3.63, 3.8) is 0 Å². The van der Waals surface area contributed by atoms with Crippen molar-refractivity contribution in [3.8, 4) is 0 Å². The molecule has 0 bridgehead atoms. The molecule has 0 radical (unpaired) electrons. The Balaban J connectivity index is 1.61. The lowest BCUT2D eigenvalue weighted by molar-refractivity contribution is -0.157. The van der Waals surface area contributed by atoms with Gasteiger partial charge in [-0.25, -0.2) is 0 Å². The van der Waals surface area contributed by atoms with Gasteiger partial charge in [0.2, 0.25) is 0 Å². The zero-order chi connectivity index (χ0) is 16.7. The molecule has 2 N–H and O–H groups in total. The second-order valence-corrected chi connectivity index (χ2v) is 6.86. The van der Waals surface area contributed by atoms with Gasteiger partial charge >= 0.3 is 5.97 Å². The lowest BCUT2D eigenvalue weighted by Crippen LogP contribution is -2.44. The summed E-state index contributed by atoms with van der Waals surface area (Å²) in [5.41, 5.74) is 0.650. The molecule has 2 fully saturated rings. The molecule has 4 rings (SSSR count). The molecule has 2 aromatic rings. The summed E-state index contributed by atoms with van der Waals surface area (Å²) < 4.78 is 5.48. The van der Waals surface area contributed by atoms with Gasteiger partial charge in [-0.1, -0.05) is 18.2 Å². The standard InChI is InChI=1S/C18H20N2O4/c21-16-13(7-12-3-1-2-4-15(12)19-16)8-20-9-14-10-24-6-5-18(14,11-20)17(22)23/h1-4,7,14H,5-6,8-11H2,(H,19,21)(H,22,23)/t14-,18+/m1/s1. The topological polar surface area (TPSA) is 82.6 Å². The minimum Gasteiger partial charge on any atom is -0.481 e. The Morgan fingerprint density at radius 2 is 2.25 bits per heavy atom. The maximum Gasteiger partial charge on any atom is 0.311 e. The number of carboxylic acids is 1. The van der Waals surface area contributed by atoms with Gasteiger partial charge in [-0.2, -0.15) is 0 Å². The summed E-state index contributed by atoms with van der Waals surface area (Å²) >= 11 is 0. The van der Waals surface area contributed by atoms with Crippen LogP contribution < -0.4 is 5.56 Å². The highest BCUT2D eigenvalue weighted by Gasteiger charge is 2.53. The molecule has 126 valence electrons. The summed E-state index contributed by atoms with van der Waals surface area (Å²) in [7, 11) is 0. The number of nitrogens with one attached hydrogen (secondary N) is 1. The number of carbonyl (C=O) groups is 1. The highest BCUT2D eigenvalue weighted by Crippen LogP contribution is 2.42. The van der Waals surface area contributed by atoms with E-state index in [1.165, 1.54) is 0 Å². The first-order valence-corrected chi connectivity index (χ1v) is 8.23. The number of aromatic nitrogens is 1. The van der Waals surface area contributed by atoms with E-state index in [0.717, 1.165) is 10.9 Å². The molecule has 6 heteroatoms. The first-order chi connectivity index (χ1) is 11.6. The van der Waals surface area contributed by atoms with E-state index in [-0.39, 0.29) is 11.5 Å². The van der Waals surface area contributed by atoms with Gasteiger partial charge in [-0.15, -0.1) is 0 Å². The van der Waals surface area contributed by atoms with Gasteiger partial charge in [0.25, 0.3) is 5.56 Å². The Kier molecular flexibility index (Phi) is 3.66. The molecule has 1 aromatic heterocycles. The SMILES string of the molecule is O=C(O)[C@]12CCOC[C@H]1CN(Cc1cc3ccccc3[nH]c1=O)C2. The zero-order valence-electron chi connectivity index (χ0n) is 13.3. The number of carboxylic acid groups (broad SMARTS) is 1. The van der Waals surface area contributed by atoms with Gasteiger partial charge in [0, 0.05) is 43.2 Å². The van der Waals surface area contributed by atoms with E-state index in [0.29, 0.717) is 44.8 Å². The Bertz CT molecular complexity index is 846. The summed E-state index contributed by atoms with van der Waals surface area (Å²) in [5.74, 6) is -0.756. The third-order valence-corrected chi connectivity index (χ3v) is 5.43. The molecule has 0 saturated carbocycles. The molecule has 0 unspecified atom stereocenters. The van der Waals surface area contributed by atoms with Crippen LogP contribution in [0.4, 0.5) is 0 Å². The molecule has 0 aliphatic carbocycles. The van der Waals surface area contributed by atoms with Crippen molar-refractivity contribution >= 4 is 16.9 Å². The Morgan fingerprint density at radius 3 is 3.04 bits per heavy atom. The number of rotatable bonds is 3. The van der Waals surface area contributed by atoms with Gasteiger partial charge < -0.3 is 14.8 Å².